The van der Waals surface area contributed by atoms with Gasteiger partial charge in [-0.15, -0.1) is 0 Å². The van der Waals surface area contributed by atoms with Crippen LogP contribution >= 0.6 is 0 Å². The van der Waals surface area contributed by atoms with E-state index in [4.69, 9.17) is 9.47 Å². The maximum Gasteiger partial charge on any atom is 0.338 e. The van der Waals surface area contributed by atoms with E-state index in [1.807, 2.05) is 88.1 Å². The number of anilines is 1. The number of allylic oxidation sites excluding steroid dienone is 6. The number of aryl methyl sites for hydroxylation is 1. The first kappa shape index (κ1) is 42.6. The van der Waals surface area contributed by atoms with Crippen LogP contribution in [-0.2, 0) is 40.5 Å². The Morgan fingerprint density at radius 1 is 0.833 bits per heavy atom. The molecule has 14 heteroatoms. The zero-order valence-electron chi connectivity index (χ0n) is 32.2. The van der Waals surface area contributed by atoms with Gasteiger partial charge >= 0.3 is 11.9 Å². The first-order chi connectivity index (χ1) is 25.2. The fourth-order valence-electron chi connectivity index (χ4n) is 7.45. The molecule has 0 fully saturated rings. The third-order valence-electron chi connectivity index (χ3n) is 9.69. The van der Waals surface area contributed by atoms with E-state index in [2.05, 4.69) is 18.4 Å². The molecule has 0 amide bonds. The molecule has 0 saturated heterocycles. The first-order valence-electron chi connectivity index (χ1n) is 18.3. The summed E-state index contributed by atoms with van der Waals surface area (Å²) in [6, 6.07) is 9.17. The Balaban J connectivity index is 1.78. The van der Waals surface area contributed by atoms with Crippen molar-refractivity contribution in [1.29, 1.82) is 0 Å². The number of benzene rings is 2. The summed E-state index contributed by atoms with van der Waals surface area (Å²) in [4.78, 5) is 28.5. The van der Waals surface area contributed by atoms with Crippen molar-refractivity contribution >= 4 is 49.3 Å². The van der Waals surface area contributed by atoms with E-state index < -0.39 is 48.8 Å². The zero-order chi connectivity index (χ0) is 40.1. The molecule has 0 aliphatic carbocycles. The molecule has 2 aromatic carbocycles. The number of nitrogens with zero attached hydrogens (tertiary/aromatic N) is 2. The van der Waals surface area contributed by atoms with Crippen LogP contribution in [-0.4, -0.2) is 86.0 Å². The first-order valence-corrected chi connectivity index (χ1v) is 21.5. The van der Waals surface area contributed by atoms with Crippen LogP contribution in [0.1, 0.15) is 105 Å². The van der Waals surface area contributed by atoms with Gasteiger partial charge in [-0.2, -0.15) is 21.4 Å². The van der Waals surface area contributed by atoms with E-state index in [0.29, 0.717) is 30.6 Å². The molecule has 2 N–H and O–H groups in total. The molecule has 2 heterocycles. The van der Waals surface area contributed by atoms with Crippen LogP contribution < -0.4 is 4.90 Å². The Bertz CT molecular complexity index is 2110. The maximum atomic E-state index is 13.5. The highest BCUT2D eigenvalue weighted by atomic mass is 32.2. The Labute approximate surface area is 319 Å². The zero-order valence-corrected chi connectivity index (χ0v) is 33.8. The minimum atomic E-state index is -4.25. The van der Waals surface area contributed by atoms with Gasteiger partial charge in [0.2, 0.25) is 5.69 Å². The average Bonchev–Trinajstić information content (AvgIpc) is 3.43. The number of carbonyl (C=O) groups excluding carboxylic acids is 2. The van der Waals surface area contributed by atoms with Crippen LogP contribution in [0.15, 0.2) is 66.4 Å². The summed E-state index contributed by atoms with van der Waals surface area (Å²) < 4.78 is 78.3. The topological polar surface area (TPSA) is 168 Å². The lowest BCUT2D eigenvalue weighted by atomic mass is 9.79. The van der Waals surface area contributed by atoms with E-state index >= 15 is 0 Å². The lowest BCUT2D eigenvalue weighted by Crippen LogP contribution is -2.28. The van der Waals surface area contributed by atoms with Crippen LogP contribution in [0.3, 0.4) is 0 Å². The van der Waals surface area contributed by atoms with Crippen molar-refractivity contribution in [3.05, 3.63) is 94.2 Å². The lowest BCUT2D eigenvalue weighted by Gasteiger charge is -2.27. The molecule has 0 unspecified atom stereocenters. The second-order valence-corrected chi connectivity index (χ2v) is 17.8. The number of rotatable bonds is 17. The number of esters is 2. The Kier molecular flexibility index (Phi) is 13.5. The third kappa shape index (κ3) is 9.76. The molecule has 2 aromatic rings. The number of ether oxygens (including phenoxy) is 2. The Morgan fingerprint density at radius 3 is 2.09 bits per heavy atom. The second-order valence-electron chi connectivity index (χ2n) is 14.7. The third-order valence-corrected chi connectivity index (χ3v) is 11.3. The summed E-state index contributed by atoms with van der Waals surface area (Å²) in [6.07, 6.45) is 10.9. The molecular weight excluding hydrogens is 733 g/mol. The van der Waals surface area contributed by atoms with Gasteiger partial charge in [0.05, 0.1) is 41.3 Å². The molecule has 54 heavy (non-hydrogen) atoms. The van der Waals surface area contributed by atoms with Crippen molar-refractivity contribution < 1.29 is 49.6 Å². The van der Waals surface area contributed by atoms with E-state index in [1.54, 1.807) is 6.07 Å². The van der Waals surface area contributed by atoms with Crippen LogP contribution in [0.2, 0.25) is 0 Å². The highest BCUT2D eigenvalue weighted by Gasteiger charge is 2.46. The normalized spacial score (nSPS) is 17.1. The van der Waals surface area contributed by atoms with Gasteiger partial charge in [0, 0.05) is 53.0 Å². The van der Waals surface area contributed by atoms with Gasteiger partial charge < -0.3 is 14.4 Å². The molecule has 12 nitrogen and oxygen atoms in total. The number of hydrogen-bond donors (Lipinski definition) is 2. The number of carbonyl (C=O) groups is 2. The van der Waals surface area contributed by atoms with Crippen molar-refractivity contribution in [3.63, 3.8) is 0 Å². The van der Waals surface area contributed by atoms with Gasteiger partial charge in [-0.25, -0.2) is 9.59 Å². The summed E-state index contributed by atoms with van der Waals surface area (Å²) in [6.45, 7) is 14.8. The van der Waals surface area contributed by atoms with Gasteiger partial charge in [-0.1, -0.05) is 58.1 Å². The highest BCUT2D eigenvalue weighted by Crippen LogP contribution is 2.50. The molecule has 0 radical (unpaired) electrons. The van der Waals surface area contributed by atoms with Crippen LogP contribution in [0.25, 0.3) is 0 Å². The molecule has 0 spiro atoms. The van der Waals surface area contributed by atoms with Crippen LogP contribution in [0.5, 0.6) is 0 Å². The standard InChI is InChI=1S/C40H52N2O10S2/c1-8-22-51-37(43)29-26-30(38(44)52-23-9-2)36-32(27-29)42(21-15-25-54(48,49)50)34(40(36,6)7)19-12-10-11-18-33-39(4,5)35-28(3)16-13-17-31(35)41(33)20-14-24-53(45,46)47/h10-13,16-19,26-27H,8-9,14-15,20-25H2,1-7H3,(H-,45,46,47,48,49,50)/p+1. The van der Waals surface area contributed by atoms with Gasteiger partial charge in [-0.3, -0.25) is 9.11 Å². The van der Waals surface area contributed by atoms with E-state index in [9.17, 15) is 35.5 Å². The molecule has 0 bridgehead atoms. The molecule has 0 aromatic heterocycles. The van der Waals surface area contributed by atoms with Crippen molar-refractivity contribution in [2.75, 3.05) is 42.7 Å². The van der Waals surface area contributed by atoms with Crippen molar-refractivity contribution in [2.45, 2.75) is 85.0 Å². The smallest absolute Gasteiger partial charge is 0.338 e. The molecule has 0 atom stereocenters. The minimum Gasteiger partial charge on any atom is -0.462 e. The summed E-state index contributed by atoms with van der Waals surface area (Å²) >= 11 is 0. The molecule has 0 saturated carbocycles. The fraction of sp³-hybridized carbons (Fsp3) is 0.475. The van der Waals surface area contributed by atoms with Crippen molar-refractivity contribution in [1.82, 2.24) is 0 Å². The molecule has 2 aliphatic rings. The van der Waals surface area contributed by atoms with E-state index in [1.165, 1.54) is 6.07 Å². The van der Waals surface area contributed by atoms with E-state index in [0.717, 1.165) is 28.2 Å². The van der Waals surface area contributed by atoms with Crippen molar-refractivity contribution in [3.8, 4) is 0 Å². The summed E-state index contributed by atoms with van der Waals surface area (Å²) in [5.41, 5.74) is 5.24. The quantitative estimate of drug-likeness (QED) is 0.0745. The summed E-state index contributed by atoms with van der Waals surface area (Å²) in [5, 5.41) is 0. The monoisotopic (exact) mass is 785 g/mol. The second kappa shape index (κ2) is 17.1. The van der Waals surface area contributed by atoms with E-state index in [-0.39, 0.29) is 49.5 Å². The summed E-state index contributed by atoms with van der Waals surface area (Å²) in [7, 11) is -8.37. The molecule has 4 rings (SSSR count). The minimum absolute atomic E-state index is 0.0657. The van der Waals surface area contributed by atoms with Crippen LogP contribution in [0, 0.1) is 6.92 Å². The van der Waals surface area contributed by atoms with Gasteiger partial charge in [-0.05, 0) is 63.8 Å². The predicted molar refractivity (Wildman–Crippen MR) is 210 cm³/mol. The van der Waals surface area contributed by atoms with Gasteiger partial charge in [0.25, 0.3) is 20.2 Å². The van der Waals surface area contributed by atoms with Crippen molar-refractivity contribution in [2.24, 2.45) is 0 Å². The number of fused-ring (bicyclic) bond motifs is 2. The number of hydrogen-bond acceptors (Lipinski definition) is 9. The molecular formula is C40H53N2O10S2+. The Hall–Kier alpha value is -4.11. The lowest BCUT2D eigenvalue weighted by molar-refractivity contribution is -0.437. The van der Waals surface area contributed by atoms with Crippen LogP contribution in [0.4, 0.5) is 11.4 Å². The van der Waals surface area contributed by atoms with Gasteiger partial charge in [0.1, 0.15) is 6.54 Å². The molecule has 2 aliphatic heterocycles. The summed E-state index contributed by atoms with van der Waals surface area (Å²) in [5.74, 6) is -2.02. The van der Waals surface area contributed by atoms with Gasteiger partial charge in [0.15, 0.2) is 5.71 Å². The predicted octanol–water partition coefficient (Wildman–Crippen LogP) is 6.85. The Morgan fingerprint density at radius 2 is 1.46 bits per heavy atom. The fourth-order valence-corrected chi connectivity index (χ4v) is 8.44. The molecule has 294 valence electrons. The average molecular weight is 786 g/mol. The largest absolute Gasteiger partial charge is 0.462 e. The maximum absolute atomic E-state index is 13.5. The highest BCUT2D eigenvalue weighted by molar-refractivity contribution is 7.86. The SMILES string of the molecule is CCCOC(=O)c1cc(C(=O)OCCC)c2c(c1)N(CCCS(=O)(=O)O)C(=CC=CC=CC1=[N+](CCCS(=O)(=O)O)c3cccc(C)c3C1(C)C)C2(C)C.